The zero-order valence-electron chi connectivity index (χ0n) is 20.5. The number of aliphatic hydroxyl groups is 2. The number of amides is 2. The van der Waals surface area contributed by atoms with E-state index in [2.05, 4.69) is 27.9 Å². The Bertz CT molecular complexity index is 1200. The van der Waals surface area contributed by atoms with Crippen molar-refractivity contribution in [1.29, 1.82) is 0 Å². The molecule has 3 N–H and O–H groups in total. The second kappa shape index (κ2) is 13.6. The quantitative estimate of drug-likeness (QED) is 0.272. The van der Waals surface area contributed by atoms with E-state index in [1.807, 2.05) is 32.0 Å². The van der Waals surface area contributed by atoms with Gasteiger partial charge in [0.15, 0.2) is 0 Å². The van der Waals surface area contributed by atoms with E-state index < -0.39 is 24.2 Å². The van der Waals surface area contributed by atoms with Crippen LogP contribution < -0.4 is 10.1 Å². The van der Waals surface area contributed by atoms with Crippen molar-refractivity contribution >= 4 is 57.6 Å². The van der Waals surface area contributed by atoms with E-state index in [4.69, 9.17) is 33.0 Å². The van der Waals surface area contributed by atoms with Crippen LogP contribution >= 0.6 is 45.8 Å². The molecule has 3 atom stereocenters. The van der Waals surface area contributed by atoms with E-state index in [0.29, 0.717) is 26.9 Å². The van der Waals surface area contributed by atoms with Crippen LogP contribution in [-0.2, 0) is 16.1 Å². The maximum absolute atomic E-state index is 13.4. The van der Waals surface area contributed by atoms with Gasteiger partial charge in [-0.3, -0.25) is 9.59 Å². The standard InChI is InChI=1S/C27H29Cl2IN2O5/c1-16(2)11-25(34)32(15-17-7-8-19(28)20(29)12-17)22-13-18(27(36)31-9-10-33)14-24(26(22)35)37-23-6-4-3-5-21(23)30/h3-8,11-12,14,22,24,26,33,35H,9-10,13,15H2,1-2H3,(H,31,36)/t22-,24+,26+/m1/s1. The molecule has 1 aliphatic rings. The van der Waals surface area contributed by atoms with Crippen molar-refractivity contribution in [3.8, 4) is 5.75 Å². The summed E-state index contributed by atoms with van der Waals surface area (Å²) < 4.78 is 6.99. The topological polar surface area (TPSA) is 99.1 Å². The normalized spacial score (nSPS) is 19.0. The molecule has 1 aliphatic carbocycles. The molecule has 198 valence electrons. The fourth-order valence-corrected chi connectivity index (χ4v) is 4.82. The number of hydrogen-bond acceptors (Lipinski definition) is 5. The van der Waals surface area contributed by atoms with E-state index >= 15 is 0 Å². The molecule has 7 nitrogen and oxygen atoms in total. The van der Waals surface area contributed by atoms with Crippen molar-refractivity contribution in [3.63, 3.8) is 0 Å². The molecule has 2 aromatic carbocycles. The number of hydrogen-bond donors (Lipinski definition) is 3. The van der Waals surface area contributed by atoms with Crippen LogP contribution in [0.5, 0.6) is 5.75 Å². The van der Waals surface area contributed by atoms with Crippen LogP contribution in [0.4, 0.5) is 0 Å². The summed E-state index contributed by atoms with van der Waals surface area (Å²) in [6, 6.07) is 11.6. The van der Waals surface area contributed by atoms with Crippen LogP contribution in [-0.4, -0.2) is 58.3 Å². The molecule has 0 spiro atoms. The molecule has 2 aromatic rings. The van der Waals surface area contributed by atoms with Crippen LogP contribution in [0.1, 0.15) is 25.8 Å². The highest BCUT2D eigenvalue weighted by Gasteiger charge is 2.40. The van der Waals surface area contributed by atoms with Crippen LogP contribution in [0, 0.1) is 3.57 Å². The predicted octanol–water partition coefficient (Wildman–Crippen LogP) is 4.51. The summed E-state index contributed by atoms with van der Waals surface area (Å²) in [6.07, 6.45) is 1.13. The average molecular weight is 659 g/mol. The molecule has 2 amide bonds. The Balaban J connectivity index is 2.02. The maximum atomic E-state index is 13.4. The number of nitrogens with one attached hydrogen (secondary N) is 1. The highest BCUT2D eigenvalue weighted by Crippen LogP contribution is 2.31. The van der Waals surface area contributed by atoms with Crippen molar-refractivity contribution in [2.24, 2.45) is 0 Å². The number of carbonyl (C=O) groups excluding carboxylic acids is 2. The van der Waals surface area contributed by atoms with E-state index in [1.165, 1.54) is 11.0 Å². The van der Waals surface area contributed by atoms with Crippen molar-refractivity contribution in [2.75, 3.05) is 13.2 Å². The Morgan fingerprint density at radius 3 is 2.57 bits per heavy atom. The molecule has 0 saturated heterocycles. The van der Waals surface area contributed by atoms with Crippen LogP contribution in [0.15, 0.2) is 65.8 Å². The third-order valence-electron chi connectivity index (χ3n) is 5.75. The minimum atomic E-state index is -1.14. The third-order valence-corrected chi connectivity index (χ3v) is 7.38. The molecule has 0 saturated carbocycles. The second-order valence-corrected chi connectivity index (χ2v) is 10.9. The smallest absolute Gasteiger partial charge is 0.247 e. The zero-order chi connectivity index (χ0) is 27.1. The first-order valence-electron chi connectivity index (χ1n) is 11.7. The monoisotopic (exact) mass is 658 g/mol. The number of benzene rings is 2. The molecule has 0 aliphatic heterocycles. The molecular formula is C27H29Cl2IN2O5. The van der Waals surface area contributed by atoms with Gasteiger partial charge in [0.05, 0.1) is 26.3 Å². The fraction of sp³-hybridized carbons (Fsp3) is 0.333. The molecule has 0 heterocycles. The van der Waals surface area contributed by atoms with E-state index in [0.717, 1.165) is 9.14 Å². The van der Waals surface area contributed by atoms with Gasteiger partial charge in [-0.2, -0.15) is 0 Å². The minimum absolute atomic E-state index is 0.0786. The highest BCUT2D eigenvalue weighted by molar-refractivity contribution is 14.1. The summed E-state index contributed by atoms with van der Waals surface area (Å²) in [7, 11) is 0. The molecule has 0 unspecified atom stereocenters. The number of aliphatic hydroxyl groups excluding tert-OH is 2. The van der Waals surface area contributed by atoms with Gasteiger partial charge in [0.1, 0.15) is 18.0 Å². The first-order chi connectivity index (χ1) is 17.6. The average Bonchev–Trinajstić information content (AvgIpc) is 2.85. The lowest BCUT2D eigenvalue weighted by atomic mass is 9.87. The van der Waals surface area contributed by atoms with Gasteiger partial charge < -0.3 is 25.2 Å². The highest BCUT2D eigenvalue weighted by atomic mass is 127. The number of carbonyl (C=O) groups is 2. The van der Waals surface area contributed by atoms with E-state index in [9.17, 15) is 14.7 Å². The minimum Gasteiger partial charge on any atom is -0.482 e. The van der Waals surface area contributed by atoms with Crippen LogP contribution in [0.3, 0.4) is 0 Å². The van der Waals surface area contributed by atoms with Gasteiger partial charge in [0.2, 0.25) is 11.8 Å². The second-order valence-electron chi connectivity index (χ2n) is 8.88. The Kier molecular flexibility index (Phi) is 10.8. The number of halogens is 3. The van der Waals surface area contributed by atoms with Gasteiger partial charge in [0.25, 0.3) is 0 Å². The van der Waals surface area contributed by atoms with Crippen molar-refractivity contribution < 1.29 is 24.5 Å². The Hall–Kier alpha value is -2.11. The SMILES string of the molecule is CC(C)=CC(=O)N(Cc1ccc(Cl)c(Cl)c1)[C@@H]1CC(C(=O)NCCO)=C[C@H](Oc2ccccc2I)[C@H]1O. The van der Waals surface area contributed by atoms with Crippen molar-refractivity contribution in [1.82, 2.24) is 10.2 Å². The third kappa shape index (κ3) is 7.94. The number of nitrogens with zero attached hydrogens (tertiary/aromatic N) is 1. The van der Waals surface area contributed by atoms with Crippen LogP contribution in [0.2, 0.25) is 10.0 Å². The lowest BCUT2D eigenvalue weighted by Crippen LogP contribution is -2.54. The van der Waals surface area contributed by atoms with Crippen LogP contribution in [0.25, 0.3) is 0 Å². The van der Waals surface area contributed by atoms with Gasteiger partial charge in [-0.25, -0.2) is 0 Å². The Morgan fingerprint density at radius 2 is 1.92 bits per heavy atom. The van der Waals surface area contributed by atoms with Crippen molar-refractivity contribution in [2.45, 2.75) is 45.1 Å². The molecule has 0 radical (unpaired) electrons. The summed E-state index contributed by atoms with van der Waals surface area (Å²) in [6.45, 7) is 3.61. The number of rotatable bonds is 9. The number of ether oxygens (including phenoxy) is 1. The summed E-state index contributed by atoms with van der Waals surface area (Å²) in [5.74, 6) is -0.169. The number of para-hydroxylation sites is 1. The lowest BCUT2D eigenvalue weighted by Gasteiger charge is -2.40. The first-order valence-corrected chi connectivity index (χ1v) is 13.5. The van der Waals surface area contributed by atoms with Crippen molar-refractivity contribution in [3.05, 3.63) is 84.9 Å². The molecule has 3 rings (SSSR count). The molecule has 10 heteroatoms. The zero-order valence-corrected chi connectivity index (χ0v) is 24.1. The van der Waals surface area contributed by atoms with Gasteiger partial charge in [-0.15, -0.1) is 0 Å². The Morgan fingerprint density at radius 1 is 1.19 bits per heavy atom. The molecule has 37 heavy (non-hydrogen) atoms. The summed E-state index contributed by atoms with van der Waals surface area (Å²) in [5.41, 5.74) is 1.86. The van der Waals surface area contributed by atoms with Gasteiger partial charge in [0, 0.05) is 31.2 Å². The fourth-order valence-electron chi connectivity index (χ4n) is 3.99. The van der Waals surface area contributed by atoms with E-state index in [-0.39, 0.29) is 32.0 Å². The lowest BCUT2D eigenvalue weighted by molar-refractivity contribution is -0.134. The summed E-state index contributed by atoms with van der Waals surface area (Å²) in [5, 5.41) is 24.0. The van der Waals surface area contributed by atoms with Gasteiger partial charge in [-0.05, 0) is 72.3 Å². The maximum Gasteiger partial charge on any atom is 0.247 e. The molecular weight excluding hydrogens is 630 g/mol. The molecule has 0 aromatic heterocycles. The summed E-state index contributed by atoms with van der Waals surface area (Å²) >= 11 is 14.4. The molecule has 0 bridgehead atoms. The molecule has 0 fully saturated rings. The predicted molar refractivity (Wildman–Crippen MR) is 153 cm³/mol. The van der Waals surface area contributed by atoms with Gasteiger partial charge >= 0.3 is 0 Å². The largest absolute Gasteiger partial charge is 0.482 e. The number of allylic oxidation sites excluding steroid dienone is 1. The first kappa shape index (κ1) is 29.4. The van der Waals surface area contributed by atoms with E-state index in [1.54, 1.807) is 30.3 Å². The van der Waals surface area contributed by atoms with Gasteiger partial charge in [-0.1, -0.05) is 47.0 Å². The Labute approximate surface area is 240 Å². The summed E-state index contributed by atoms with van der Waals surface area (Å²) in [4.78, 5) is 27.8.